The maximum absolute atomic E-state index is 12.9. The number of nitrogens with zero attached hydrogens (tertiary/aromatic N) is 3. The topological polar surface area (TPSA) is 43.9 Å². The lowest BCUT2D eigenvalue weighted by atomic mass is 9.96. The summed E-state index contributed by atoms with van der Waals surface area (Å²) >= 11 is 1.37. The van der Waals surface area contributed by atoms with Gasteiger partial charge in [0.1, 0.15) is 0 Å². The van der Waals surface area contributed by atoms with Crippen LogP contribution in [0.15, 0.2) is 63.2 Å². The van der Waals surface area contributed by atoms with Crippen molar-refractivity contribution in [2.24, 2.45) is 0 Å². The van der Waals surface area contributed by atoms with Crippen LogP contribution in [0.5, 0.6) is 0 Å². The van der Waals surface area contributed by atoms with Crippen LogP contribution >= 0.6 is 11.8 Å². The van der Waals surface area contributed by atoms with Crippen molar-refractivity contribution in [1.82, 2.24) is 14.1 Å². The van der Waals surface area contributed by atoms with Gasteiger partial charge in [-0.2, -0.15) is 0 Å². The highest BCUT2D eigenvalue weighted by Crippen LogP contribution is 2.46. The van der Waals surface area contributed by atoms with E-state index in [9.17, 15) is 8.42 Å². The van der Waals surface area contributed by atoms with Gasteiger partial charge in [0, 0.05) is 66.2 Å². The summed E-state index contributed by atoms with van der Waals surface area (Å²) in [6.07, 6.45) is -2.83. The van der Waals surface area contributed by atoms with Gasteiger partial charge in [-0.15, -0.1) is 0 Å². The molecule has 0 bridgehead atoms. The molecule has 0 spiro atoms. The smallest absolute Gasteiger partial charge is 0.242 e. The van der Waals surface area contributed by atoms with Gasteiger partial charge in [-0.05, 0) is 54.3 Å². The minimum atomic E-state index is -3.82. The van der Waals surface area contributed by atoms with E-state index in [1.54, 1.807) is 24.3 Å². The number of benzene rings is 2. The van der Waals surface area contributed by atoms with E-state index >= 15 is 0 Å². The molecule has 5 nitrogen and oxygen atoms in total. The predicted octanol–water partition coefficient (Wildman–Crippen LogP) is 3.47. The fourth-order valence-electron chi connectivity index (χ4n) is 3.31. The van der Waals surface area contributed by atoms with Gasteiger partial charge in [0.15, 0.2) is 0 Å². The quantitative estimate of drug-likeness (QED) is 0.594. The first-order chi connectivity index (χ1) is 17.5. The molecule has 2 aliphatic heterocycles. The van der Waals surface area contributed by atoms with Gasteiger partial charge >= 0.3 is 0 Å². The molecule has 0 saturated carbocycles. The van der Waals surface area contributed by atoms with Crippen LogP contribution in [0, 0.1) is 0 Å². The number of hydrogen-bond acceptors (Lipinski definition) is 5. The zero-order valence-corrected chi connectivity index (χ0v) is 18.5. The second kappa shape index (κ2) is 8.85. The third-order valence-electron chi connectivity index (χ3n) is 5.06. The Morgan fingerprint density at radius 2 is 1.87 bits per heavy atom. The second-order valence-electron chi connectivity index (χ2n) is 7.25. The van der Waals surface area contributed by atoms with Gasteiger partial charge in [0.25, 0.3) is 0 Å². The van der Waals surface area contributed by atoms with E-state index in [4.69, 9.17) is 11.0 Å². The molecule has 2 aromatic rings. The molecule has 0 N–H and O–H groups in total. The third-order valence-corrected chi connectivity index (χ3v) is 8.02. The van der Waals surface area contributed by atoms with Crippen LogP contribution in [0.2, 0.25) is 0 Å². The summed E-state index contributed by atoms with van der Waals surface area (Å²) in [5.41, 5.74) is 0.981. The summed E-state index contributed by atoms with van der Waals surface area (Å²) in [5.74, 6) is 0. The highest BCUT2D eigenvalue weighted by atomic mass is 32.2. The minimum Gasteiger partial charge on any atom is -0.304 e. The zero-order chi connectivity index (χ0) is 28.3. The number of fused-ring (bicyclic) bond motifs is 2. The van der Waals surface area contributed by atoms with Crippen LogP contribution in [-0.4, -0.2) is 76.3 Å². The van der Waals surface area contributed by atoms with E-state index in [1.807, 2.05) is 6.07 Å². The molecule has 0 amide bonds. The molecule has 7 heteroatoms. The van der Waals surface area contributed by atoms with Crippen molar-refractivity contribution in [3.63, 3.8) is 0 Å². The Hall–Kier alpha value is -1.64. The van der Waals surface area contributed by atoms with Crippen LogP contribution in [0.3, 0.4) is 0 Å². The van der Waals surface area contributed by atoms with Crippen LogP contribution < -0.4 is 0 Å². The normalized spacial score (nSPS) is 24.8. The van der Waals surface area contributed by atoms with Crippen LogP contribution in [0.4, 0.5) is 0 Å². The highest BCUT2D eigenvalue weighted by molar-refractivity contribution is 7.99. The molecular formula is C23H29N3O2S2. The molecule has 4 rings (SSSR count). The maximum atomic E-state index is 12.9. The predicted molar refractivity (Wildman–Crippen MR) is 124 cm³/mol. The Labute approximate surface area is 195 Å². The molecule has 0 atom stereocenters. The monoisotopic (exact) mass is 451 g/mol. The maximum Gasteiger partial charge on any atom is 0.242 e. The average molecular weight is 452 g/mol. The molecular weight excluding hydrogens is 414 g/mol. The Balaban J connectivity index is 1.84. The van der Waals surface area contributed by atoms with E-state index in [1.165, 1.54) is 47.8 Å². The van der Waals surface area contributed by atoms with Crippen molar-refractivity contribution in [2.75, 3.05) is 53.7 Å². The summed E-state index contributed by atoms with van der Waals surface area (Å²) in [4.78, 5) is 3.83. The second-order valence-corrected chi connectivity index (χ2v) is 10.5. The number of piperazine rings is 1. The van der Waals surface area contributed by atoms with Crippen molar-refractivity contribution in [2.45, 2.75) is 21.1 Å². The van der Waals surface area contributed by atoms with Crippen molar-refractivity contribution in [1.29, 1.82) is 0 Å². The van der Waals surface area contributed by atoms with E-state index < -0.39 is 35.9 Å². The van der Waals surface area contributed by atoms with Crippen molar-refractivity contribution in [3.05, 3.63) is 59.6 Å². The SMILES string of the molecule is [2H]/C(=C1\c2ccccc2Sc2ccc(S(=O)(=O)N(C)C)cc21)C([2H])([2H])C([2H])([2H])N1CCN(C([2H])([2H])[2H])CC1. The Morgan fingerprint density at radius 1 is 1.13 bits per heavy atom. The molecule has 0 unspecified atom stereocenters. The van der Waals surface area contributed by atoms with Gasteiger partial charge in [0.05, 0.1) is 6.27 Å². The number of sulfonamides is 1. The molecule has 0 radical (unpaired) electrons. The average Bonchev–Trinajstić information content (AvgIpc) is 2.85. The van der Waals surface area contributed by atoms with Crippen molar-refractivity contribution >= 4 is 27.4 Å². The number of likely N-dealkylation sites (N-methyl/N-ethyl adjacent to an activating group) is 1. The van der Waals surface area contributed by atoms with Gasteiger partial charge in [-0.25, -0.2) is 12.7 Å². The fourth-order valence-corrected chi connectivity index (χ4v) is 5.31. The third kappa shape index (κ3) is 4.36. The first kappa shape index (κ1) is 13.7. The fraction of sp³-hybridized carbons (Fsp3) is 0.391. The standard InChI is InChI=1S/C23H29N3O2S2/c1-24(2)30(27,28)18-10-11-23-21(17-18)19(20-7-4-5-9-22(20)29-23)8-6-12-26-15-13-25(3)14-16-26/h4-5,7-11,17H,6,12-16H2,1-3H3/b19-8-/i3D3,6D2,8D,12D2. The van der Waals surface area contributed by atoms with Crippen molar-refractivity contribution < 1.29 is 19.4 Å². The molecule has 2 aromatic carbocycles. The van der Waals surface area contributed by atoms with E-state index in [2.05, 4.69) is 0 Å². The molecule has 1 saturated heterocycles. The van der Waals surface area contributed by atoms with Gasteiger partial charge in [0.2, 0.25) is 10.0 Å². The largest absolute Gasteiger partial charge is 0.304 e. The van der Waals surface area contributed by atoms with E-state index in [0.29, 0.717) is 16.0 Å². The molecule has 160 valence electrons. The lowest BCUT2D eigenvalue weighted by Gasteiger charge is -2.32. The summed E-state index contributed by atoms with van der Waals surface area (Å²) in [6.45, 7) is -4.96. The minimum absolute atomic E-state index is 0.0177. The Morgan fingerprint density at radius 3 is 2.60 bits per heavy atom. The molecule has 0 aromatic heterocycles. The Bertz CT molecular complexity index is 1370. The van der Waals surface area contributed by atoms with Gasteiger partial charge in [-0.3, -0.25) is 0 Å². The summed E-state index contributed by atoms with van der Waals surface area (Å²) in [6, 6.07) is 11.0. The molecule has 1 fully saturated rings. The van der Waals surface area contributed by atoms with E-state index in [0.717, 1.165) is 9.20 Å². The van der Waals surface area contributed by atoms with Gasteiger partial charge < -0.3 is 9.80 Å². The number of rotatable bonds is 5. The lowest BCUT2D eigenvalue weighted by molar-refractivity contribution is 0.156. The van der Waals surface area contributed by atoms with Crippen LogP contribution in [0.25, 0.3) is 5.57 Å². The molecule has 2 aliphatic rings. The molecule has 0 aliphatic carbocycles. The number of hydrogen-bond donors (Lipinski definition) is 0. The lowest BCUT2D eigenvalue weighted by Crippen LogP contribution is -2.44. The van der Waals surface area contributed by atoms with Crippen molar-refractivity contribution in [3.8, 4) is 0 Å². The van der Waals surface area contributed by atoms with Crippen LogP contribution in [0.1, 0.15) is 28.5 Å². The summed E-state index contributed by atoms with van der Waals surface area (Å²) in [5, 5.41) is 0. The Kier molecular flexibility index (Phi) is 4.04. The highest BCUT2D eigenvalue weighted by Gasteiger charge is 2.25. The summed E-state index contributed by atoms with van der Waals surface area (Å²) < 4.78 is 93.8. The summed E-state index contributed by atoms with van der Waals surface area (Å²) in [7, 11) is -1.01. The molecule has 2 heterocycles. The molecule has 30 heavy (non-hydrogen) atoms. The van der Waals surface area contributed by atoms with E-state index in [-0.39, 0.29) is 36.6 Å². The van der Waals surface area contributed by atoms with Gasteiger partial charge in [-0.1, -0.05) is 36.0 Å². The first-order valence-corrected chi connectivity index (χ1v) is 11.8. The zero-order valence-electron chi connectivity index (χ0n) is 24.8. The van der Waals surface area contributed by atoms with Crippen LogP contribution in [-0.2, 0) is 10.0 Å². The first-order valence-electron chi connectivity index (χ1n) is 13.6.